The molecule has 0 radical (unpaired) electrons. The zero-order valence-corrected chi connectivity index (χ0v) is 7.48. The number of aliphatic hydroxyl groups is 1. The highest BCUT2D eigenvalue weighted by Gasteiger charge is 2.23. The Labute approximate surface area is 77.8 Å². The van der Waals surface area contributed by atoms with Crippen molar-refractivity contribution in [3.8, 4) is 5.75 Å². The van der Waals surface area contributed by atoms with Gasteiger partial charge in [-0.25, -0.2) is 0 Å². The van der Waals surface area contributed by atoms with Crippen molar-refractivity contribution in [2.45, 2.75) is 31.3 Å². The van der Waals surface area contributed by atoms with E-state index in [2.05, 4.69) is 0 Å². The van der Waals surface area contributed by atoms with E-state index in [1.165, 1.54) is 0 Å². The minimum atomic E-state index is -0.146. The maximum Gasteiger partial charge on any atom is 0.115 e. The summed E-state index contributed by atoms with van der Waals surface area (Å²) >= 11 is 0. The molecule has 0 saturated heterocycles. The largest absolute Gasteiger partial charge is 0.508 e. The molecule has 1 aliphatic carbocycles. The van der Waals surface area contributed by atoms with Crippen LogP contribution in [0.1, 0.15) is 30.7 Å². The van der Waals surface area contributed by atoms with Gasteiger partial charge < -0.3 is 10.2 Å². The first kappa shape index (κ1) is 8.57. The molecule has 1 aromatic carbocycles. The van der Waals surface area contributed by atoms with Gasteiger partial charge >= 0.3 is 0 Å². The van der Waals surface area contributed by atoms with Crippen molar-refractivity contribution >= 4 is 0 Å². The number of phenols is 1. The van der Waals surface area contributed by atoms with Crippen LogP contribution in [0.15, 0.2) is 24.3 Å². The number of rotatable bonds is 1. The molecule has 2 N–H and O–H groups in total. The fraction of sp³-hybridized carbons (Fsp3) is 0.455. The SMILES string of the molecule is Oc1cccc(C2CCC(O)C2)c1. The van der Waals surface area contributed by atoms with E-state index < -0.39 is 0 Å². The summed E-state index contributed by atoms with van der Waals surface area (Å²) in [4.78, 5) is 0. The van der Waals surface area contributed by atoms with Crippen LogP contribution in [-0.2, 0) is 0 Å². The smallest absolute Gasteiger partial charge is 0.115 e. The Balaban J connectivity index is 2.16. The molecule has 0 spiro atoms. The van der Waals surface area contributed by atoms with Gasteiger partial charge in [0.15, 0.2) is 0 Å². The monoisotopic (exact) mass is 178 g/mol. The molecule has 1 fully saturated rings. The van der Waals surface area contributed by atoms with Crippen molar-refractivity contribution in [3.05, 3.63) is 29.8 Å². The molecule has 2 heteroatoms. The van der Waals surface area contributed by atoms with Crippen LogP contribution >= 0.6 is 0 Å². The van der Waals surface area contributed by atoms with Crippen molar-refractivity contribution in [2.24, 2.45) is 0 Å². The third-order valence-corrected chi connectivity index (χ3v) is 2.75. The Morgan fingerprint density at radius 3 is 2.69 bits per heavy atom. The van der Waals surface area contributed by atoms with Gasteiger partial charge in [-0.3, -0.25) is 0 Å². The average molecular weight is 178 g/mol. The number of hydrogen-bond donors (Lipinski definition) is 2. The van der Waals surface area contributed by atoms with Crippen LogP contribution in [-0.4, -0.2) is 16.3 Å². The molecular formula is C11H14O2. The molecule has 0 bridgehead atoms. The van der Waals surface area contributed by atoms with Gasteiger partial charge in [-0.15, -0.1) is 0 Å². The first-order valence-electron chi connectivity index (χ1n) is 4.72. The fourth-order valence-corrected chi connectivity index (χ4v) is 2.04. The van der Waals surface area contributed by atoms with Gasteiger partial charge in [0.05, 0.1) is 6.10 Å². The van der Waals surface area contributed by atoms with Gasteiger partial charge in [-0.1, -0.05) is 12.1 Å². The average Bonchev–Trinajstić information content (AvgIpc) is 2.52. The summed E-state index contributed by atoms with van der Waals surface area (Å²) < 4.78 is 0. The lowest BCUT2D eigenvalue weighted by Gasteiger charge is -2.09. The van der Waals surface area contributed by atoms with E-state index in [9.17, 15) is 10.2 Å². The van der Waals surface area contributed by atoms with Crippen LogP contribution in [0.25, 0.3) is 0 Å². The Hall–Kier alpha value is -1.02. The summed E-state index contributed by atoms with van der Waals surface area (Å²) in [5, 5.41) is 18.6. The highest BCUT2D eigenvalue weighted by Crippen LogP contribution is 2.35. The van der Waals surface area contributed by atoms with Crippen LogP contribution in [0.5, 0.6) is 5.75 Å². The fourth-order valence-electron chi connectivity index (χ4n) is 2.04. The van der Waals surface area contributed by atoms with Crippen molar-refractivity contribution in [2.75, 3.05) is 0 Å². The van der Waals surface area contributed by atoms with E-state index in [4.69, 9.17) is 0 Å². The van der Waals surface area contributed by atoms with E-state index in [1.54, 1.807) is 12.1 Å². The Morgan fingerprint density at radius 1 is 1.23 bits per heavy atom. The molecule has 0 heterocycles. The Bertz CT molecular complexity index is 296. The molecule has 13 heavy (non-hydrogen) atoms. The molecule has 0 amide bonds. The number of benzene rings is 1. The summed E-state index contributed by atoms with van der Waals surface area (Å²) in [7, 11) is 0. The van der Waals surface area contributed by atoms with Crippen LogP contribution < -0.4 is 0 Å². The molecule has 2 nitrogen and oxygen atoms in total. The molecule has 2 unspecified atom stereocenters. The minimum Gasteiger partial charge on any atom is -0.508 e. The lowest BCUT2D eigenvalue weighted by atomic mass is 9.97. The van der Waals surface area contributed by atoms with Gasteiger partial charge in [-0.05, 0) is 42.9 Å². The van der Waals surface area contributed by atoms with Crippen molar-refractivity contribution in [1.29, 1.82) is 0 Å². The first-order valence-corrected chi connectivity index (χ1v) is 4.72. The molecule has 0 aliphatic heterocycles. The minimum absolute atomic E-state index is 0.146. The normalized spacial score (nSPS) is 27.8. The Morgan fingerprint density at radius 2 is 2.08 bits per heavy atom. The molecule has 2 rings (SSSR count). The number of hydrogen-bond acceptors (Lipinski definition) is 2. The lowest BCUT2D eigenvalue weighted by Crippen LogP contribution is -1.99. The number of aromatic hydroxyl groups is 1. The van der Waals surface area contributed by atoms with E-state index in [0.717, 1.165) is 24.8 Å². The second-order valence-electron chi connectivity index (χ2n) is 3.76. The first-order chi connectivity index (χ1) is 6.25. The molecule has 1 aromatic rings. The lowest BCUT2D eigenvalue weighted by molar-refractivity contribution is 0.181. The third kappa shape index (κ3) is 1.83. The van der Waals surface area contributed by atoms with Crippen LogP contribution in [0.3, 0.4) is 0 Å². The van der Waals surface area contributed by atoms with Crippen molar-refractivity contribution in [1.82, 2.24) is 0 Å². The second-order valence-corrected chi connectivity index (χ2v) is 3.76. The van der Waals surface area contributed by atoms with E-state index in [0.29, 0.717) is 11.7 Å². The molecule has 2 atom stereocenters. The maximum absolute atomic E-state index is 9.37. The van der Waals surface area contributed by atoms with Crippen LogP contribution in [0, 0.1) is 0 Å². The topological polar surface area (TPSA) is 40.5 Å². The number of aliphatic hydroxyl groups excluding tert-OH is 1. The van der Waals surface area contributed by atoms with Gasteiger partial charge in [0.1, 0.15) is 5.75 Å². The van der Waals surface area contributed by atoms with Crippen molar-refractivity contribution in [3.63, 3.8) is 0 Å². The van der Waals surface area contributed by atoms with Crippen molar-refractivity contribution < 1.29 is 10.2 Å². The highest BCUT2D eigenvalue weighted by atomic mass is 16.3. The van der Waals surface area contributed by atoms with E-state index in [-0.39, 0.29) is 6.10 Å². The van der Waals surface area contributed by atoms with Gasteiger partial charge in [0, 0.05) is 0 Å². The predicted octanol–water partition coefficient (Wildman–Crippen LogP) is 2.02. The van der Waals surface area contributed by atoms with Gasteiger partial charge in [0.25, 0.3) is 0 Å². The second kappa shape index (κ2) is 3.38. The van der Waals surface area contributed by atoms with Crippen LogP contribution in [0.4, 0.5) is 0 Å². The zero-order chi connectivity index (χ0) is 9.26. The molecule has 1 saturated carbocycles. The zero-order valence-electron chi connectivity index (χ0n) is 7.48. The summed E-state index contributed by atoms with van der Waals surface area (Å²) in [6.45, 7) is 0. The predicted molar refractivity (Wildman–Crippen MR) is 50.7 cm³/mol. The molecule has 1 aliphatic rings. The molecule has 70 valence electrons. The highest BCUT2D eigenvalue weighted by molar-refractivity contribution is 5.30. The molecule has 0 aromatic heterocycles. The summed E-state index contributed by atoms with van der Waals surface area (Å²) in [6.07, 6.45) is 2.61. The molecular weight excluding hydrogens is 164 g/mol. The number of phenolic OH excluding ortho intramolecular Hbond substituents is 1. The third-order valence-electron chi connectivity index (χ3n) is 2.75. The Kier molecular flexibility index (Phi) is 2.23. The van der Waals surface area contributed by atoms with Gasteiger partial charge in [-0.2, -0.15) is 0 Å². The summed E-state index contributed by atoms with van der Waals surface area (Å²) in [5.74, 6) is 0.751. The quantitative estimate of drug-likeness (QED) is 0.690. The standard InChI is InChI=1S/C11H14O2/c12-10-3-1-2-8(6-10)9-4-5-11(13)7-9/h1-3,6,9,11-13H,4-5,7H2. The van der Waals surface area contributed by atoms with E-state index in [1.807, 2.05) is 12.1 Å². The van der Waals surface area contributed by atoms with E-state index >= 15 is 0 Å². The van der Waals surface area contributed by atoms with Crippen LogP contribution in [0.2, 0.25) is 0 Å². The van der Waals surface area contributed by atoms with Gasteiger partial charge in [0.2, 0.25) is 0 Å². The summed E-state index contributed by atoms with van der Waals surface area (Å²) in [6, 6.07) is 7.34. The maximum atomic E-state index is 9.37. The summed E-state index contributed by atoms with van der Waals surface area (Å²) in [5.41, 5.74) is 1.15.